The highest BCUT2D eigenvalue weighted by Crippen LogP contribution is 2.47. The fourth-order valence-corrected chi connectivity index (χ4v) is 4.35. The standard InChI is InChI=1S/C23H19N3O3/c1-12-8-10-13(11-9-12)16-17-19(14-6-4-5-7-15(14)20(17)27)24-21-18(16)22(28)26(3)23(29)25(21)2/h4-11,16,24H,1-3H3/t16-/m1/s1. The zero-order valence-electron chi connectivity index (χ0n) is 16.3. The molecule has 1 aliphatic carbocycles. The lowest BCUT2D eigenvalue weighted by Crippen LogP contribution is -2.42. The van der Waals surface area contributed by atoms with Crippen LogP contribution in [0.1, 0.15) is 38.5 Å². The van der Waals surface area contributed by atoms with Crippen LogP contribution in [0.15, 0.2) is 63.7 Å². The van der Waals surface area contributed by atoms with Gasteiger partial charge in [-0.2, -0.15) is 0 Å². The van der Waals surface area contributed by atoms with Gasteiger partial charge in [0.2, 0.25) is 0 Å². The molecule has 6 heteroatoms. The number of aromatic nitrogens is 2. The molecule has 1 aromatic heterocycles. The third-order valence-corrected chi connectivity index (χ3v) is 5.89. The third kappa shape index (κ3) is 2.26. The second-order valence-electron chi connectivity index (χ2n) is 7.60. The molecule has 2 heterocycles. The van der Waals surface area contributed by atoms with E-state index in [4.69, 9.17) is 0 Å². The number of carbonyl (C=O) groups is 1. The molecule has 0 amide bonds. The fourth-order valence-electron chi connectivity index (χ4n) is 4.35. The first-order valence-corrected chi connectivity index (χ1v) is 9.42. The number of fused-ring (bicyclic) bond motifs is 3. The van der Waals surface area contributed by atoms with Crippen LogP contribution < -0.4 is 16.6 Å². The largest absolute Gasteiger partial charge is 0.340 e. The molecule has 6 nitrogen and oxygen atoms in total. The molecule has 0 fully saturated rings. The van der Waals surface area contributed by atoms with Crippen molar-refractivity contribution in [3.05, 3.63) is 103 Å². The first kappa shape index (κ1) is 17.4. The van der Waals surface area contributed by atoms with Gasteiger partial charge in [0.1, 0.15) is 5.82 Å². The van der Waals surface area contributed by atoms with E-state index in [-0.39, 0.29) is 5.78 Å². The summed E-state index contributed by atoms with van der Waals surface area (Å²) >= 11 is 0. The summed E-state index contributed by atoms with van der Waals surface area (Å²) in [4.78, 5) is 39.1. The van der Waals surface area contributed by atoms with Crippen molar-refractivity contribution < 1.29 is 4.79 Å². The molecule has 0 unspecified atom stereocenters. The Balaban J connectivity index is 1.89. The maximum Gasteiger partial charge on any atom is 0.332 e. The van der Waals surface area contributed by atoms with Gasteiger partial charge in [-0.05, 0) is 12.5 Å². The molecule has 5 rings (SSSR count). The van der Waals surface area contributed by atoms with Crippen LogP contribution in [0.5, 0.6) is 0 Å². The molecule has 1 atom stereocenters. The van der Waals surface area contributed by atoms with Gasteiger partial charge in [0.15, 0.2) is 5.78 Å². The molecule has 2 aliphatic rings. The van der Waals surface area contributed by atoms with E-state index in [0.717, 1.165) is 21.3 Å². The Labute approximate surface area is 166 Å². The molecule has 3 aromatic rings. The summed E-state index contributed by atoms with van der Waals surface area (Å²) < 4.78 is 2.53. The maximum atomic E-state index is 13.4. The van der Waals surface area contributed by atoms with Gasteiger partial charge in [-0.3, -0.25) is 18.7 Å². The summed E-state index contributed by atoms with van der Waals surface area (Å²) in [6.45, 7) is 1.99. The van der Waals surface area contributed by atoms with E-state index in [1.165, 1.54) is 11.6 Å². The predicted molar refractivity (Wildman–Crippen MR) is 111 cm³/mol. The minimum Gasteiger partial charge on any atom is -0.340 e. The van der Waals surface area contributed by atoms with Gasteiger partial charge in [-0.1, -0.05) is 54.1 Å². The molecule has 1 N–H and O–H groups in total. The summed E-state index contributed by atoms with van der Waals surface area (Å²) in [5, 5.41) is 3.24. The van der Waals surface area contributed by atoms with Gasteiger partial charge < -0.3 is 5.32 Å². The van der Waals surface area contributed by atoms with Crippen LogP contribution in [-0.4, -0.2) is 14.9 Å². The number of ketones is 1. The molecular weight excluding hydrogens is 366 g/mol. The van der Waals surface area contributed by atoms with Gasteiger partial charge in [0, 0.05) is 36.7 Å². The Hall–Kier alpha value is -3.67. The lowest BCUT2D eigenvalue weighted by atomic mass is 9.81. The highest BCUT2D eigenvalue weighted by Gasteiger charge is 2.42. The molecule has 144 valence electrons. The minimum absolute atomic E-state index is 0.0877. The van der Waals surface area contributed by atoms with Crippen LogP contribution in [-0.2, 0) is 14.1 Å². The Kier molecular flexibility index (Phi) is 3.55. The van der Waals surface area contributed by atoms with Crippen molar-refractivity contribution in [3.8, 4) is 0 Å². The van der Waals surface area contributed by atoms with Gasteiger partial charge in [0.25, 0.3) is 5.56 Å². The first-order chi connectivity index (χ1) is 13.9. The molecule has 0 bridgehead atoms. The lowest BCUT2D eigenvalue weighted by molar-refractivity contribution is 0.103. The Morgan fingerprint density at radius 1 is 0.862 bits per heavy atom. The van der Waals surface area contributed by atoms with Crippen molar-refractivity contribution in [2.24, 2.45) is 14.1 Å². The van der Waals surface area contributed by atoms with Gasteiger partial charge in [-0.15, -0.1) is 0 Å². The summed E-state index contributed by atoms with van der Waals surface area (Å²) in [7, 11) is 3.10. The number of hydrogen-bond donors (Lipinski definition) is 1. The summed E-state index contributed by atoms with van der Waals surface area (Å²) in [6.07, 6.45) is 0. The van der Waals surface area contributed by atoms with E-state index in [2.05, 4.69) is 5.32 Å². The van der Waals surface area contributed by atoms with Crippen molar-refractivity contribution in [1.29, 1.82) is 0 Å². The van der Waals surface area contributed by atoms with Crippen LogP contribution in [0.2, 0.25) is 0 Å². The highest BCUT2D eigenvalue weighted by molar-refractivity contribution is 6.23. The minimum atomic E-state index is -0.549. The van der Waals surface area contributed by atoms with Crippen LogP contribution in [0, 0.1) is 6.92 Å². The number of benzene rings is 2. The van der Waals surface area contributed by atoms with E-state index in [0.29, 0.717) is 28.2 Å². The normalized spacial score (nSPS) is 16.9. The molecule has 0 saturated heterocycles. The van der Waals surface area contributed by atoms with Gasteiger partial charge in [0.05, 0.1) is 11.3 Å². The Morgan fingerprint density at radius 3 is 2.21 bits per heavy atom. The quantitative estimate of drug-likeness (QED) is 0.699. The molecule has 0 spiro atoms. The van der Waals surface area contributed by atoms with E-state index < -0.39 is 17.2 Å². The van der Waals surface area contributed by atoms with E-state index in [1.54, 1.807) is 13.1 Å². The average Bonchev–Trinajstić information content (AvgIpc) is 3.02. The van der Waals surface area contributed by atoms with Crippen LogP contribution in [0.3, 0.4) is 0 Å². The van der Waals surface area contributed by atoms with Crippen molar-refractivity contribution in [3.63, 3.8) is 0 Å². The van der Waals surface area contributed by atoms with E-state index in [9.17, 15) is 14.4 Å². The average molecular weight is 385 g/mol. The number of nitrogens with one attached hydrogen (secondary N) is 1. The number of nitrogens with zero attached hydrogens (tertiary/aromatic N) is 2. The SMILES string of the molecule is Cc1ccc([C@@H]2C3=C(Nc4c2c(=O)n(C)c(=O)n4C)c2ccccc2C3=O)cc1. The fraction of sp³-hybridized carbons (Fsp3) is 0.174. The maximum absolute atomic E-state index is 13.4. The zero-order valence-corrected chi connectivity index (χ0v) is 16.3. The second kappa shape index (κ2) is 5.91. The highest BCUT2D eigenvalue weighted by atomic mass is 16.2. The number of rotatable bonds is 1. The zero-order chi connectivity index (χ0) is 20.4. The molecule has 1 aliphatic heterocycles. The van der Waals surface area contributed by atoms with Crippen LogP contribution in [0.25, 0.3) is 5.70 Å². The smallest absolute Gasteiger partial charge is 0.332 e. The summed E-state index contributed by atoms with van der Waals surface area (Å²) in [6, 6.07) is 15.2. The van der Waals surface area contributed by atoms with Crippen molar-refractivity contribution in [2.45, 2.75) is 12.8 Å². The first-order valence-electron chi connectivity index (χ1n) is 9.42. The van der Waals surface area contributed by atoms with Gasteiger partial charge >= 0.3 is 5.69 Å². The van der Waals surface area contributed by atoms with Crippen LogP contribution >= 0.6 is 0 Å². The number of allylic oxidation sites excluding steroid dienone is 1. The monoisotopic (exact) mass is 385 g/mol. The molecule has 0 radical (unpaired) electrons. The number of hydrogen-bond acceptors (Lipinski definition) is 4. The third-order valence-electron chi connectivity index (χ3n) is 5.89. The topological polar surface area (TPSA) is 73.1 Å². The number of carbonyl (C=O) groups excluding carboxylic acids is 1. The van der Waals surface area contributed by atoms with Crippen molar-refractivity contribution in [1.82, 2.24) is 9.13 Å². The number of anilines is 1. The summed E-state index contributed by atoms with van der Waals surface area (Å²) in [5.74, 6) is -0.200. The summed E-state index contributed by atoms with van der Waals surface area (Å²) in [5.41, 5.74) is 4.18. The number of aryl methyl sites for hydroxylation is 1. The second-order valence-corrected chi connectivity index (χ2v) is 7.60. The van der Waals surface area contributed by atoms with Crippen molar-refractivity contribution >= 4 is 17.3 Å². The van der Waals surface area contributed by atoms with Crippen molar-refractivity contribution in [2.75, 3.05) is 5.32 Å². The number of Topliss-reactive ketones (excluding diaryl/α,β-unsaturated/α-hetero) is 1. The van der Waals surface area contributed by atoms with Gasteiger partial charge in [-0.25, -0.2) is 4.79 Å². The molecule has 0 saturated carbocycles. The molecule has 2 aromatic carbocycles. The lowest BCUT2D eigenvalue weighted by Gasteiger charge is -2.29. The van der Waals surface area contributed by atoms with E-state index >= 15 is 0 Å². The van der Waals surface area contributed by atoms with E-state index in [1.807, 2.05) is 49.4 Å². The predicted octanol–water partition coefficient (Wildman–Crippen LogP) is 2.56. The molecule has 29 heavy (non-hydrogen) atoms. The Morgan fingerprint density at radius 2 is 1.52 bits per heavy atom. The van der Waals surface area contributed by atoms with Crippen LogP contribution in [0.4, 0.5) is 5.82 Å². The molecular formula is C23H19N3O3. The Bertz CT molecular complexity index is 1360.